The molecule has 0 aliphatic heterocycles. The number of amides is 1. The van der Waals surface area contributed by atoms with Crippen molar-refractivity contribution >= 4 is 5.91 Å². The lowest BCUT2D eigenvalue weighted by atomic mass is 10.1. The second-order valence-corrected chi connectivity index (χ2v) is 4.78. The Morgan fingerprint density at radius 2 is 2.05 bits per heavy atom. The summed E-state index contributed by atoms with van der Waals surface area (Å²) in [5.41, 5.74) is 0.778. The first kappa shape index (κ1) is 15.8. The monoisotopic (exact) mass is 307 g/mol. The zero-order valence-electron chi connectivity index (χ0n) is 12.9. The molecular weight excluding hydrogens is 289 g/mol. The molecule has 118 valence electrons. The van der Waals surface area contributed by atoms with E-state index in [9.17, 15) is 9.18 Å². The van der Waals surface area contributed by atoms with Gasteiger partial charge in [-0.15, -0.1) is 0 Å². The second-order valence-electron chi connectivity index (χ2n) is 4.78. The van der Waals surface area contributed by atoms with Crippen LogP contribution in [0.1, 0.15) is 29.0 Å². The van der Waals surface area contributed by atoms with Crippen LogP contribution >= 0.6 is 0 Å². The molecule has 1 aromatic heterocycles. The van der Waals surface area contributed by atoms with Crippen LogP contribution in [0.25, 0.3) is 0 Å². The van der Waals surface area contributed by atoms with E-state index in [1.807, 2.05) is 0 Å². The van der Waals surface area contributed by atoms with E-state index in [-0.39, 0.29) is 11.6 Å². The van der Waals surface area contributed by atoms with Gasteiger partial charge in [-0.3, -0.25) is 4.79 Å². The van der Waals surface area contributed by atoms with Crippen LogP contribution in [0.15, 0.2) is 24.3 Å². The quantitative estimate of drug-likeness (QED) is 0.918. The minimum absolute atomic E-state index is 0.224. The fourth-order valence-electron chi connectivity index (χ4n) is 2.14. The molecule has 1 aromatic carbocycles. The van der Waals surface area contributed by atoms with Crippen LogP contribution in [0.5, 0.6) is 11.6 Å². The number of carbonyl (C=O) groups excluding carboxylic acids is 1. The topological polar surface area (TPSA) is 65.4 Å². The molecule has 0 saturated heterocycles. The summed E-state index contributed by atoms with van der Waals surface area (Å²) < 4.78 is 25.1. The first-order chi connectivity index (χ1) is 10.5. The number of nitrogens with one attached hydrogen (secondary N) is 1. The third-order valence-corrected chi connectivity index (χ3v) is 3.28. The largest absolute Gasteiger partial charge is 0.496 e. The van der Waals surface area contributed by atoms with Crippen molar-refractivity contribution in [2.24, 2.45) is 7.05 Å². The molecule has 22 heavy (non-hydrogen) atoms. The standard InChI is InChI=1S/C15H18FN3O3/c1-9(11-7-10(16)5-6-13(11)21-3)17-15(20)12-8-14(22-4)19(2)18-12/h5-9H,1-4H3,(H,17,20). The van der Waals surface area contributed by atoms with E-state index in [0.29, 0.717) is 17.2 Å². The van der Waals surface area contributed by atoms with Crippen LogP contribution < -0.4 is 14.8 Å². The highest BCUT2D eigenvalue weighted by Crippen LogP contribution is 2.26. The van der Waals surface area contributed by atoms with Crippen molar-refractivity contribution in [3.05, 3.63) is 41.3 Å². The van der Waals surface area contributed by atoms with Gasteiger partial charge in [-0.1, -0.05) is 0 Å². The Bertz CT molecular complexity index is 685. The minimum Gasteiger partial charge on any atom is -0.496 e. The van der Waals surface area contributed by atoms with E-state index in [1.54, 1.807) is 14.0 Å². The van der Waals surface area contributed by atoms with Gasteiger partial charge < -0.3 is 14.8 Å². The Kier molecular flexibility index (Phi) is 4.65. The number of hydrogen-bond acceptors (Lipinski definition) is 4. The van der Waals surface area contributed by atoms with E-state index in [2.05, 4.69) is 10.4 Å². The Morgan fingerprint density at radius 3 is 2.64 bits per heavy atom. The first-order valence-corrected chi connectivity index (χ1v) is 6.68. The molecule has 0 spiro atoms. The molecule has 2 rings (SSSR count). The summed E-state index contributed by atoms with van der Waals surface area (Å²) in [6, 6.07) is 5.26. The van der Waals surface area contributed by atoms with Gasteiger partial charge in [0.2, 0.25) is 5.88 Å². The number of methoxy groups -OCH3 is 2. The number of halogens is 1. The average Bonchev–Trinajstić information content (AvgIpc) is 2.88. The number of benzene rings is 1. The molecule has 1 N–H and O–H groups in total. The van der Waals surface area contributed by atoms with E-state index < -0.39 is 11.9 Å². The predicted octanol–water partition coefficient (Wildman–Crippen LogP) is 2.07. The van der Waals surface area contributed by atoms with Gasteiger partial charge in [-0.25, -0.2) is 9.07 Å². The van der Waals surface area contributed by atoms with E-state index >= 15 is 0 Å². The van der Waals surface area contributed by atoms with E-state index in [1.165, 1.54) is 43.2 Å². The zero-order chi connectivity index (χ0) is 16.3. The van der Waals surface area contributed by atoms with Crippen LogP contribution in [0.3, 0.4) is 0 Å². The average molecular weight is 307 g/mol. The Balaban J connectivity index is 2.19. The van der Waals surface area contributed by atoms with Crippen LogP contribution in [-0.2, 0) is 7.05 Å². The van der Waals surface area contributed by atoms with Crippen LogP contribution in [0.2, 0.25) is 0 Å². The molecule has 0 fully saturated rings. The molecule has 0 aliphatic rings. The van der Waals surface area contributed by atoms with Crippen LogP contribution in [0, 0.1) is 5.82 Å². The van der Waals surface area contributed by atoms with Crippen molar-refractivity contribution in [2.75, 3.05) is 14.2 Å². The first-order valence-electron chi connectivity index (χ1n) is 6.68. The van der Waals surface area contributed by atoms with Crippen molar-refractivity contribution < 1.29 is 18.7 Å². The lowest BCUT2D eigenvalue weighted by Gasteiger charge is -2.16. The van der Waals surface area contributed by atoms with Gasteiger partial charge in [0, 0.05) is 18.7 Å². The molecule has 6 nitrogen and oxygen atoms in total. The molecule has 1 atom stereocenters. The Labute approximate surface area is 127 Å². The van der Waals surface area contributed by atoms with Gasteiger partial charge in [0.05, 0.1) is 20.3 Å². The molecule has 2 aromatic rings. The molecule has 0 saturated carbocycles. The number of aromatic nitrogens is 2. The molecule has 0 radical (unpaired) electrons. The lowest BCUT2D eigenvalue weighted by molar-refractivity contribution is 0.0933. The number of ether oxygens (including phenoxy) is 2. The summed E-state index contributed by atoms with van der Waals surface area (Å²) >= 11 is 0. The van der Waals surface area contributed by atoms with Crippen molar-refractivity contribution in [1.82, 2.24) is 15.1 Å². The fraction of sp³-hybridized carbons (Fsp3) is 0.333. The van der Waals surface area contributed by atoms with Crippen molar-refractivity contribution in [1.29, 1.82) is 0 Å². The van der Waals surface area contributed by atoms with E-state index in [0.717, 1.165) is 0 Å². The second kappa shape index (κ2) is 6.46. The maximum Gasteiger partial charge on any atom is 0.272 e. The van der Waals surface area contributed by atoms with Gasteiger partial charge in [-0.2, -0.15) is 5.10 Å². The lowest BCUT2D eigenvalue weighted by Crippen LogP contribution is -2.27. The maximum absolute atomic E-state index is 13.4. The summed E-state index contributed by atoms with van der Waals surface area (Å²) in [5, 5.41) is 6.82. The van der Waals surface area contributed by atoms with Crippen molar-refractivity contribution in [2.45, 2.75) is 13.0 Å². The summed E-state index contributed by atoms with van der Waals surface area (Å²) in [5.74, 6) is 0.211. The summed E-state index contributed by atoms with van der Waals surface area (Å²) in [4.78, 5) is 12.2. The summed E-state index contributed by atoms with van der Waals surface area (Å²) in [6.07, 6.45) is 0. The molecule has 0 aliphatic carbocycles. The van der Waals surface area contributed by atoms with Crippen molar-refractivity contribution in [3.8, 4) is 11.6 Å². The van der Waals surface area contributed by atoms with Crippen LogP contribution in [-0.4, -0.2) is 29.9 Å². The highest BCUT2D eigenvalue weighted by molar-refractivity contribution is 5.92. The SMILES string of the molecule is COc1ccc(F)cc1C(C)NC(=O)c1cc(OC)n(C)n1. The van der Waals surface area contributed by atoms with Gasteiger partial charge in [0.15, 0.2) is 5.69 Å². The number of hydrogen-bond donors (Lipinski definition) is 1. The number of carbonyl (C=O) groups is 1. The van der Waals surface area contributed by atoms with Gasteiger partial charge in [0.1, 0.15) is 11.6 Å². The van der Waals surface area contributed by atoms with Gasteiger partial charge in [-0.05, 0) is 25.1 Å². The van der Waals surface area contributed by atoms with Gasteiger partial charge in [0.25, 0.3) is 5.91 Å². The smallest absolute Gasteiger partial charge is 0.272 e. The third-order valence-electron chi connectivity index (χ3n) is 3.28. The number of rotatable bonds is 5. The zero-order valence-corrected chi connectivity index (χ0v) is 12.9. The normalized spacial score (nSPS) is 11.9. The molecule has 1 unspecified atom stereocenters. The maximum atomic E-state index is 13.4. The summed E-state index contributed by atoms with van der Waals surface area (Å²) in [6.45, 7) is 1.75. The minimum atomic E-state index is -0.439. The molecule has 0 bridgehead atoms. The highest BCUT2D eigenvalue weighted by Gasteiger charge is 2.18. The molecule has 1 heterocycles. The Hall–Kier alpha value is -2.57. The molecule has 1 amide bonds. The molecular formula is C15H18FN3O3. The third kappa shape index (κ3) is 3.19. The van der Waals surface area contributed by atoms with E-state index in [4.69, 9.17) is 9.47 Å². The number of aryl methyl sites for hydroxylation is 1. The fourth-order valence-corrected chi connectivity index (χ4v) is 2.14. The predicted molar refractivity (Wildman–Crippen MR) is 78.6 cm³/mol. The van der Waals surface area contributed by atoms with Crippen molar-refractivity contribution in [3.63, 3.8) is 0 Å². The van der Waals surface area contributed by atoms with Crippen LogP contribution in [0.4, 0.5) is 4.39 Å². The van der Waals surface area contributed by atoms with Gasteiger partial charge >= 0.3 is 0 Å². The molecule has 7 heteroatoms. The Morgan fingerprint density at radius 1 is 1.32 bits per heavy atom. The number of nitrogens with zero attached hydrogens (tertiary/aromatic N) is 2. The summed E-state index contributed by atoms with van der Waals surface area (Å²) in [7, 11) is 4.67. The highest BCUT2D eigenvalue weighted by atomic mass is 19.1.